The van der Waals surface area contributed by atoms with Gasteiger partial charge in [0.1, 0.15) is 17.1 Å². The van der Waals surface area contributed by atoms with Crippen LogP contribution in [0.4, 0.5) is 0 Å². The molecule has 0 spiro atoms. The molecule has 0 aliphatic heterocycles. The van der Waals surface area contributed by atoms with Gasteiger partial charge in [0.15, 0.2) is 19.9 Å². The molecule has 3 aromatic heterocycles. The lowest BCUT2D eigenvalue weighted by Gasteiger charge is -2.36. The van der Waals surface area contributed by atoms with Crippen molar-refractivity contribution in [2.75, 3.05) is 6.61 Å². The van der Waals surface area contributed by atoms with Crippen molar-refractivity contribution in [3.05, 3.63) is 66.1 Å². The van der Waals surface area contributed by atoms with Crippen LogP contribution in [0.5, 0.6) is 5.75 Å². The molecule has 2 atom stereocenters. The molecule has 12 heteroatoms. The maximum Gasteiger partial charge on any atom is 0.200 e. The van der Waals surface area contributed by atoms with E-state index >= 15 is 0 Å². The Morgan fingerprint density at radius 2 is 1.65 bits per heavy atom. The molecule has 1 aromatic carbocycles. The molecule has 0 aliphatic rings. The van der Waals surface area contributed by atoms with Gasteiger partial charge >= 0.3 is 0 Å². The van der Waals surface area contributed by atoms with E-state index in [1.807, 2.05) is 70.2 Å². The second kappa shape index (κ2) is 14.2. The minimum absolute atomic E-state index is 0.0571. The topological polar surface area (TPSA) is 138 Å². The van der Waals surface area contributed by atoms with E-state index in [2.05, 4.69) is 38.6 Å². The van der Waals surface area contributed by atoms with E-state index in [-0.39, 0.29) is 11.6 Å². The highest BCUT2D eigenvalue weighted by Gasteiger charge is 2.40. The third kappa shape index (κ3) is 9.03. The minimum atomic E-state index is -1.98. The summed E-state index contributed by atoms with van der Waals surface area (Å²) >= 11 is -1.53. The van der Waals surface area contributed by atoms with Crippen LogP contribution in [0.25, 0.3) is 28.0 Å². The molecule has 3 N–H and O–H groups in total. The Labute approximate surface area is 289 Å². The lowest BCUT2D eigenvalue weighted by Crippen LogP contribution is -2.51. The van der Waals surface area contributed by atoms with Crippen LogP contribution in [0, 0.1) is 0 Å². The van der Waals surface area contributed by atoms with E-state index in [9.17, 15) is 14.8 Å². The summed E-state index contributed by atoms with van der Waals surface area (Å²) in [7, 11) is -1.98. The van der Waals surface area contributed by atoms with Gasteiger partial charge in [0.2, 0.25) is 0 Å². The average molecular weight is 696 g/mol. The van der Waals surface area contributed by atoms with Crippen molar-refractivity contribution >= 4 is 30.6 Å². The van der Waals surface area contributed by atoms with Crippen molar-refractivity contribution in [2.45, 2.75) is 116 Å². The zero-order valence-electron chi connectivity index (χ0n) is 30.3. The molecule has 0 amide bonds. The Morgan fingerprint density at radius 3 is 2.27 bits per heavy atom. The fraction of sp³-hybridized carbons (Fsp3) is 0.528. The summed E-state index contributed by atoms with van der Waals surface area (Å²) in [6.45, 7) is 22.4. The third-order valence-electron chi connectivity index (χ3n) is 8.53. The van der Waals surface area contributed by atoms with Crippen LogP contribution in [-0.2, 0) is 28.1 Å². The fourth-order valence-corrected chi connectivity index (χ4v) is 6.42. The SMILES string of the molecule is CCCC(O)(N[S+]([O-])C(C)(C)C)c1cccc(-c2cc(OCC(C)(C)O)c3cnn(-c4cccc(CO[Si](C)(C)C(C)(C)C)n4)c3c2)n1. The standard InChI is InChI=1S/C36H53N5O5SSi/c1-12-19-36(43,40-47(44)33(2,3)4)31-17-14-16-28(39-31)25-20-29-27(30(21-25)45-24-35(8,9)42)22-37-41(29)32-18-13-15-26(38-32)23-46-48(10,11)34(5,6)7/h13-18,20-22,40,42-43H,12,19,23-24H2,1-11H3. The van der Waals surface area contributed by atoms with E-state index in [4.69, 9.17) is 24.2 Å². The second-order valence-corrected chi connectivity index (χ2v) is 22.4. The number of benzene rings is 1. The molecule has 48 heavy (non-hydrogen) atoms. The van der Waals surface area contributed by atoms with E-state index in [1.165, 1.54) is 0 Å². The van der Waals surface area contributed by atoms with E-state index in [0.29, 0.717) is 48.0 Å². The number of pyridine rings is 2. The monoisotopic (exact) mass is 695 g/mol. The zero-order valence-corrected chi connectivity index (χ0v) is 32.2. The van der Waals surface area contributed by atoms with Gasteiger partial charge in [-0.15, -0.1) is 4.72 Å². The molecule has 4 aromatic rings. The average Bonchev–Trinajstić information content (AvgIpc) is 3.42. The number of aliphatic hydroxyl groups is 2. The van der Waals surface area contributed by atoms with Gasteiger partial charge in [0, 0.05) is 16.9 Å². The quantitative estimate of drug-likeness (QED) is 0.0756. The molecule has 0 radical (unpaired) electrons. The van der Waals surface area contributed by atoms with Gasteiger partial charge in [-0.25, -0.2) is 14.6 Å². The number of hydrogen-bond donors (Lipinski definition) is 3. The third-order valence-corrected chi connectivity index (χ3v) is 14.6. The molecule has 10 nitrogen and oxygen atoms in total. The van der Waals surface area contributed by atoms with Gasteiger partial charge in [-0.2, -0.15) is 5.10 Å². The van der Waals surface area contributed by atoms with Gasteiger partial charge in [-0.1, -0.05) is 46.2 Å². The maximum atomic E-state index is 13.1. The lowest BCUT2D eigenvalue weighted by molar-refractivity contribution is 0.0100. The normalized spacial score (nSPS) is 15.0. The summed E-state index contributed by atoms with van der Waals surface area (Å²) in [6.07, 6.45) is 2.69. The Bertz CT molecular complexity index is 1710. The predicted octanol–water partition coefficient (Wildman–Crippen LogP) is 7.15. The number of ether oxygens (including phenoxy) is 1. The summed E-state index contributed by atoms with van der Waals surface area (Å²) in [5, 5.41) is 27.8. The van der Waals surface area contributed by atoms with Crippen LogP contribution < -0.4 is 9.46 Å². The summed E-state index contributed by atoms with van der Waals surface area (Å²) in [6, 6.07) is 15.1. The number of fused-ring (bicyclic) bond motifs is 1. The van der Waals surface area contributed by atoms with Crippen LogP contribution in [0.15, 0.2) is 54.7 Å². The molecule has 0 fully saturated rings. The summed E-state index contributed by atoms with van der Waals surface area (Å²) in [4.78, 5) is 9.80. The van der Waals surface area contributed by atoms with Crippen molar-refractivity contribution in [1.29, 1.82) is 0 Å². The number of nitrogens with one attached hydrogen (secondary N) is 1. The number of hydrogen-bond acceptors (Lipinski definition) is 9. The molecular weight excluding hydrogens is 643 g/mol. The molecule has 0 saturated heterocycles. The summed E-state index contributed by atoms with van der Waals surface area (Å²) in [5.74, 6) is 1.15. The van der Waals surface area contributed by atoms with E-state index < -0.39 is 35.8 Å². The van der Waals surface area contributed by atoms with Crippen molar-refractivity contribution in [1.82, 2.24) is 24.5 Å². The first-order valence-electron chi connectivity index (χ1n) is 16.5. The van der Waals surface area contributed by atoms with Crippen LogP contribution in [0.2, 0.25) is 18.1 Å². The van der Waals surface area contributed by atoms with Gasteiger partial charge in [-0.05, 0) is 95.6 Å². The molecule has 262 valence electrons. The zero-order chi connectivity index (χ0) is 35.7. The minimum Gasteiger partial charge on any atom is -0.598 e. The van der Waals surface area contributed by atoms with E-state index in [1.54, 1.807) is 30.8 Å². The number of aromatic nitrogens is 4. The van der Waals surface area contributed by atoms with Crippen molar-refractivity contribution in [3.63, 3.8) is 0 Å². The second-order valence-electron chi connectivity index (χ2n) is 15.6. The first-order valence-corrected chi connectivity index (χ1v) is 20.6. The van der Waals surface area contributed by atoms with Crippen LogP contribution in [0.1, 0.15) is 86.5 Å². The smallest absolute Gasteiger partial charge is 0.200 e. The van der Waals surface area contributed by atoms with Gasteiger partial charge < -0.3 is 23.9 Å². The molecule has 0 saturated carbocycles. The van der Waals surface area contributed by atoms with Crippen LogP contribution in [0.3, 0.4) is 0 Å². The maximum absolute atomic E-state index is 13.1. The summed E-state index contributed by atoms with van der Waals surface area (Å²) in [5.41, 5.74) is 0.523. The molecule has 0 aliphatic carbocycles. The van der Waals surface area contributed by atoms with E-state index in [0.717, 1.165) is 16.6 Å². The van der Waals surface area contributed by atoms with Gasteiger partial charge in [0.25, 0.3) is 0 Å². The lowest BCUT2D eigenvalue weighted by atomic mass is 10.0. The first-order chi connectivity index (χ1) is 22.1. The fourth-order valence-electron chi connectivity index (χ4n) is 4.66. The van der Waals surface area contributed by atoms with Crippen LogP contribution >= 0.6 is 0 Å². The number of nitrogens with zero attached hydrogens (tertiary/aromatic N) is 4. The highest BCUT2D eigenvalue weighted by Crippen LogP contribution is 2.38. The Kier molecular flexibility index (Phi) is 11.2. The Hall–Kier alpha value is -2.84. The molecule has 4 rings (SSSR count). The first kappa shape index (κ1) is 38.0. The van der Waals surface area contributed by atoms with Gasteiger partial charge in [-0.3, -0.25) is 0 Å². The molecular formula is C36H53N5O5SSi. The highest BCUT2D eigenvalue weighted by atomic mass is 32.2. The number of rotatable bonds is 13. The molecule has 3 heterocycles. The largest absolute Gasteiger partial charge is 0.598 e. The van der Waals surface area contributed by atoms with Crippen molar-refractivity contribution in [3.8, 4) is 22.8 Å². The molecule has 0 bridgehead atoms. The summed E-state index contributed by atoms with van der Waals surface area (Å²) < 4.78 is 29.8. The Morgan fingerprint density at radius 1 is 0.958 bits per heavy atom. The highest BCUT2D eigenvalue weighted by molar-refractivity contribution is 7.90. The van der Waals surface area contributed by atoms with Crippen molar-refractivity contribution < 1.29 is 23.9 Å². The van der Waals surface area contributed by atoms with Gasteiger partial charge in [0.05, 0.1) is 46.4 Å². The molecule has 2 unspecified atom stereocenters. The predicted molar refractivity (Wildman–Crippen MR) is 196 cm³/mol. The Balaban J connectivity index is 1.80. The van der Waals surface area contributed by atoms with Crippen molar-refractivity contribution in [2.24, 2.45) is 0 Å². The van der Waals surface area contributed by atoms with Crippen LogP contribution in [-0.4, -0.2) is 59.8 Å².